The lowest BCUT2D eigenvalue weighted by Gasteiger charge is -2.39. The van der Waals surface area contributed by atoms with E-state index in [1.165, 1.54) is 44.9 Å². The molecular weight excluding hydrogens is 210 g/mol. The predicted octanol–water partition coefficient (Wildman–Crippen LogP) is 3.24. The minimum atomic E-state index is -0.403. The summed E-state index contributed by atoms with van der Waals surface area (Å²) in [5, 5.41) is 14.1. The lowest BCUT2D eigenvalue weighted by molar-refractivity contribution is -0.000124. The van der Waals surface area contributed by atoms with Crippen LogP contribution in [-0.2, 0) is 0 Å². The highest BCUT2D eigenvalue weighted by Gasteiger charge is 2.32. The normalized spacial score (nSPS) is 32.3. The van der Waals surface area contributed by atoms with Gasteiger partial charge in [0.1, 0.15) is 0 Å². The maximum Gasteiger partial charge on any atom is 0.0771 e. The van der Waals surface area contributed by atoms with Gasteiger partial charge in [-0.2, -0.15) is 0 Å². The molecule has 0 aliphatic heterocycles. The fourth-order valence-corrected chi connectivity index (χ4v) is 3.59. The summed E-state index contributed by atoms with van der Waals surface area (Å²) >= 11 is 0. The van der Waals surface area contributed by atoms with Crippen molar-refractivity contribution in [1.82, 2.24) is 5.32 Å². The summed E-state index contributed by atoms with van der Waals surface area (Å²) in [6, 6.07) is 0.629. The molecule has 2 aliphatic carbocycles. The van der Waals surface area contributed by atoms with Crippen molar-refractivity contribution in [2.75, 3.05) is 6.54 Å². The summed E-state index contributed by atoms with van der Waals surface area (Å²) < 4.78 is 0. The van der Waals surface area contributed by atoms with Crippen molar-refractivity contribution in [1.29, 1.82) is 0 Å². The highest BCUT2D eigenvalue weighted by atomic mass is 16.3. The first-order valence-electron chi connectivity index (χ1n) is 7.45. The summed E-state index contributed by atoms with van der Waals surface area (Å²) in [5.74, 6) is 0. The van der Waals surface area contributed by atoms with Crippen LogP contribution in [0.5, 0.6) is 0 Å². The smallest absolute Gasteiger partial charge is 0.0771 e. The molecule has 0 aromatic rings. The molecule has 2 rings (SSSR count). The summed E-state index contributed by atoms with van der Waals surface area (Å²) in [5.41, 5.74) is 0.0882. The molecule has 0 spiro atoms. The van der Waals surface area contributed by atoms with E-state index in [4.69, 9.17) is 0 Å². The monoisotopic (exact) mass is 239 g/mol. The Morgan fingerprint density at radius 1 is 1.06 bits per heavy atom. The van der Waals surface area contributed by atoms with Crippen LogP contribution >= 0.6 is 0 Å². The van der Waals surface area contributed by atoms with Crippen molar-refractivity contribution in [2.24, 2.45) is 5.41 Å². The molecule has 0 saturated heterocycles. The van der Waals surface area contributed by atoms with Crippen molar-refractivity contribution in [3.8, 4) is 0 Å². The zero-order valence-electron chi connectivity index (χ0n) is 11.6. The molecule has 17 heavy (non-hydrogen) atoms. The van der Waals surface area contributed by atoms with Crippen LogP contribution in [0.25, 0.3) is 0 Å². The molecule has 100 valence electrons. The Hall–Kier alpha value is -0.0800. The first-order chi connectivity index (χ1) is 7.99. The van der Waals surface area contributed by atoms with Gasteiger partial charge in [0.2, 0.25) is 0 Å². The third-order valence-electron chi connectivity index (χ3n) is 4.71. The molecule has 1 unspecified atom stereocenters. The minimum Gasteiger partial charge on any atom is -0.389 e. The molecule has 2 aliphatic rings. The maximum absolute atomic E-state index is 10.5. The zero-order chi connectivity index (χ0) is 12.4. The maximum atomic E-state index is 10.5. The first-order valence-corrected chi connectivity index (χ1v) is 7.45. The van der Waals surface area contributed by atoms with Crippen LogP contribution in [0.2, 0.25) is 0 Å². The van der Waals surface area contributed by atoms with Gasteiger partial charge in [-0.25, -0.2) is 0 Å². The van der Waals surface area contributed by atoms with Crippen LogP contribution in [-0.4, -0.2) is 23.3 Å². The molecule has 2 nitrogen and oxygen atoms in total. The molecule has 2 heteroatoms. The zero-order valence-corrected chi connectivity index (χ0v) is 11.6. The van der Waals surface area contributed by atoms with Gasteiger partial charge < -0.3 is 10.4 Å². The van der Waals surface area contributed by atoms with E-state index >= 15 is 0 Å². The standard InChI is InChI=1S/C15H29NO/c1-14(2)8-6-7-13(11-14)16-12-15(17)9-4-3-5-10-15/h13,16-17H,3-12H2,1-2H3. The van der Waals surface area contributed by atoms with E-state index in [2.05, 4.69) is 19.2 Å². The number of aliphatic hydroxyl groups is 1. The van der Waals surface area contributed by atoms with E-state index in [9.17, 15) is 5.11 Å². The van der Waals surface area contributed by atoms with Crippen LogP contribution in [0.15, 0.2) is 0 Å². The number of hydrogen-bond acceptors (Lipinski definition) is 2. The second-order valence-corrected chi connectivity index (χ2v) is 7.12. The summed E-state index contributed by atoms with van der Waals surface area (Å²) in [7, 11) is 0. The highest BCUT2D eigenvalue weighted by Crippen LogP contribution is 2.35. The molecular formula is C15H29NO. The number of hydrogen-bond donors (Lipinski definition) is 2. The van der Waals surface area contributed by atoms with Gasteiger partial charge >= 0.3 is 0 Å². The average Bonchev–Trinajstić information content (AvgIpc) is 2.26. The van der Waals surface area contributed by atoms with Gasteiger partial charge in [0.25, 0.3) is 0 Å². The van der Waals surface area contributed by atoms with Crippen LogP contribution < -0.4 is 5.32 Å². The molecule has 2 N–H and O–H groups in total. The average molecular weight is 239 g/mol. The van der Waals surface area contributed by atoms with Gasteiger partial charge in [0.15, 0.2) is 0 Å². The lowest BCUT2D eigenvalue weighted by atomic mass is 9.75. The molecule has 2 fully saturated rings. The molecule has 0 bridgehead atoms. The lowest BCUT2D eigenvalue weighted by Crippen LogP contribution is -2.47. The molecule has 0 radical (unpaired) electrons. The largest absolute Gasteiger partial charge is 0.389 e. The van der Waals surface area contributed by atoms with E-state index in [0.29, 0.717) is 11.5 Å². The summed E-state index contributed by atoms with van der Waals surface area (Å²) in [6.45, 7) is 5.56. The van der Waals surface area contributed by atoms with Crippen molar-refractivity contribution in [3.63, 3.8) is 0 Å². The summed E-state index contributed by atoms with van der Waals surface area (Å²) in [6.07, 6.45) is 11.0. The fraction of sp³-hybridized carbons (Fsp3) is 1.00. The summed E-state index contributed by atoms with van der Waals surface area (Å²) in [4.78, 5) is 0. The van der Waals surface area contributed by atoms with Crippen molar-refractivity contribution >= 4 is 0 Å². The molecule has 0 aromatic heterocycles. The van der Waals surface area contributed by atoms with Crippen LogP contribution in [0.1, 0.15) is 71.6 Å². The third-order valence-corrected chi connectivity index (χ3v) is 4.71. The van der Waals surface area contributed by atoms with Gasteiger partial charge in [-0.15, -0.1) is 0 Å². The van der Waals surface area contributed by atoms with Crippen molar-refractivity contribution in [2.45, 2.75) is 83.3 Å². The SMILES string of the molecule is CC1(C)CCCC(NCC2(O)CCCCC2)C1. The highest BCUT2D eigenvalue weighted by molar-refractivity contribution is 4.89. The van der Waals surface area contributed by atoms with Crippen molar-refractivity contribution < 1.29 is 5.11 Å². The van der Waals surface area contributed by atoms with Crippen LogP contribution in [0, 0.1) is 5.41 Å². The van der Waals surface area contributed by atoms with Gasteiger partial charge in [-0.1, -0.05) is 39.5 Å². The van der Waals surface area contributed by atoms with Gasteiger partial charge in [0.05, 0.1) is 5.60 Å². The quantitative estimate of drug-likeness (QED) is 0.792. The van der Waals surface area contributed by atoms with E-state index in [-0.39, 0.29) is 0 Å². The number of rotatable bonds is 3. The predicted molar refractivity (Wildman–Crippen MR) is 72.1 cm³/mol. The molecule has 1 atom stereocenters. The second-order valence-electron chi connectivity index (χ2n) is 7.12. The fourth-order valence-electron chi connectivity index (χ4n) is 3.59. The van der Waals surface area contributed by atoms with E-state index in [0.717, 1.165) is 19.4 Å². The van der Waals surface area contributed by atoms with Crippen LogP contribution in [0.4, 0.5) is 0 Å². The Kier molecular flexibility index (Phi) is 4.14. The van der Waals surface area contributed by atoms with E-state index in [1.807, 2.05) is 0 Å². The number of nitrogens with one attached hydrogen (secondary N) is 1. The molecule has 0 heterocycles. The minimum absolute atomic E-state index is 0.403. The van der Waals surface area contributed by atoms with E-state index in [1.54, 1.807) is 0 Å². The van der Waals surface area contributed by atoms with E-state index < -0.39 is 5.60 Å². The van der Waals surface area contributed by atoms with Crippen LogP contribution in [0.3, 0.4) is 0 Å². The topological polar surface area (TPSA) is 32.3 Å². The van der Waals surface area contributed by atoms with Gasteiger partial charge in [0, 0.05) is 12.6 Å². The molecule has 2 saturated carbocycles. The van der Waals surface area contributed by atoms with Gasteiger partial charge in [-0.3, -0.25) is 0 Å². The molecule has 0 aromatic carbocycles. The second kappa shape index (κ2) is 5.27. The molecule has 0 amide bonds. The van der Waals surface area contributed by atoms with Gasteiger partial charge in [-0.05, 0) is 37.5 Å². The Bertz CT molecular complexity index is 243. The third kappa shape index (κ3) is 3.96. The Balaban J connectivity index is 1.77. The Labute approximate surface area is 106 Å². The Morgan fingerprint density at radius 2 is 1.76 bits per heavy atom. The Morgan fingerprint density at radius 3 is 2.41 bits per heavy atom. The first kappa shape index (κ1) is 13.4. The van der Waals surface area contributed by atoms with Crippen molar-refractivity contribution in [3.05, 3.63) is 0 Å².